The van der Waals surface area contributed by atoms with Crippen LogP contribution in [0.5, 0.6) is 0 Å². The second-order valence-electron chi connectivity index (χ2n) is 5.87. The van der Waals surface area contributed by atoms with Gasteiger partial charge in [0.15, 0.2) is 11.9 Å². The van der Waals surface area contributed by atoms with Crippen molar-refractivity contribution < 1.29 is 9.59 Å². The summed E-state index contributed by atoms with van der Waals surface area (Å²) in [4.78, 5) is 28.7. The minimum absolute atomic E-state index is 0.166. The number of halogens is 1. The number of Topliss-reactive ketones (excluding diaryl/α,β-unsaturated/α-hetero) is 1. The van der Waals surface area contributed by atoms with Crippen LogP contribution in [0.2, 0.25) is 5.02 Å². The number of ketones is 1. The van der Waals surface area contributed by atoms with Crippen LogP contribution < -0.4 is 5.32 Å². The van der Waals surface area contributed by atoms with E-state index < -0.39 is 11.6 Å². The first-order chi connectivity index (χ1) is 10.3. The zero-order valence-corrected chi connectivity index (χ0v) is 13.3. The van der Waals surface area contributed by atoms with Crippen LogP contribution in [0.15, 0.2) is 36.9 Å². The lowest BCUT2D eigenvalue weighted by Crippen LogP contribution is -2.42. The molecule has 1 heterocycles. The van der Waals surface area contributed by atoms with Gasteiger partial charge in [-0.25, -0.2) is 9.67 Å². The lowest BCUT2D eigenvalue weighted by Gasteiger charge is -2.25. The summed E-state index contributed by atoms with van der Waals surface area (Å²) in [5.41, 5.74) is -0.222. The van der Waals surface area contributed by atoms with Gasteiger partial charge in [0.1, 0.15) is 12.7 Å². The van der Waals surface area contributed by atoms with Crippen LogP contribution in [0.25, 0.3) is 0 Å². The Morgan fingerprint density at radius 3 is 2.36 bits per heavy atom. The molecule has 116 valence electrons. The third kappa shape index (κ3) is 3.71. The van der Waals surface area contributed by atoms with Crippen molar-refractivity contribution in [1.82, 2.24) is 20.1 Å². The van der Waals surface area contributed by atoms with Crippen LogP contribution in [0.4, 0.5) is 0 Å². The molecule has 6 nitrogen and oxygen atoms in total. The van der Waals surface area contributed by atoms with Crippen LogP contribution in [-0.2, 0) is 4.79 Å². The van der Waals surface area contributed by atoms with Crippen LogP contribution in [-0.4, -0.2) is 26.5 Å². The minimum Gasteiger partial charge on any atom is -0.324 e. The summed E-state index contributed by atoms with van der Waals surface area (Å²) >= 11 is 5.81. The van der Waals surface area contributed by atoms with Gasteiger partial charge in [0, 0.05) is 16.0 Å². The predicted octanol–water partition coefficient (Wildman–Crippen LogP) is 2.48. The molecule has 1 unspecified atom stereocenters. The van der Waals surface area contributed by atoms with Crippen LogP contribution >= 0.6 is 11.6 Å². The highest BCUT2D eigenvalue weighted by Gasteiger charge is 2.32. The van der Waals surface area contributed by atoms with E-state index in [9.17, 15) is 9.59 Å². The Kier molecular flexibility index (Phi) is 4.61. The molecule has 0 fully saturated rings. The van der Waals surface area contributed by atoms with Crippen molar-refractivity contribution in [2.45, 2.75) is 26.9 Å². The monoisotopic (exact) mass is 320 g/mol. The van der Waals surface area contributed by atoms with Crippen molar-refractivity contribution in [2.75, 3.05) is 0 Å². The zero-order chi connectivity index (χ0) is 16.3. The molecule has 0 aliphatic carbocycles. The number of hydrogen-bond acceptors (Lipinski definition) is 4. The number of nitrogens with zero attached hydrogens (tertiary/aromatic N) is 3. The number of amides is 1. The molecule has 22 heavy (non-hydrogen) atoms. The molecule has 0 aliphatic heterocycles. The van der Waals surface area contributed by atoms with Crippen LogP contribution in [0.1, 0.15) is 37.3 Å². The van der Waals surface area contributed by atoms with Gasteiger partial charge in [-0.05, 0) is 24.3 Å². The van der Waals surface area contributed by atoms with E-state index in [2.05, 4.69) is 15.4 Å². The Hall–Kier alpha value is -2.21. The highest BCUT2D eigenvalue weighted by atomic mass is 35.5. The Bertz CT molecular complexity index is 660. The fourth-order valence-corrected chi connectivity index (χ4v) is 1.95. The second-order valence-corrected chi connectivity index (χ2v) is 6.31. The number of aromatic nitrogens is 3. The molecule has 0 radical (unpaired) electrons. The quantitative estimate of drug-likeness (QED) is 0.938. The molecular formula is C15H17ClN4O2. The summed E-state index contributed by atoms with van der Waals surface area (Å²) in [6.45, 7) is 5.36. The smallest absolute Gasteiger partial charge is 0.253 e. The molecular weight excluding hydrogens is 304 g/mol. The van der Waals surface area contributed by atoms with Crippen molar-refractivity contribution >= 4 is 23.3 Å². The average molecular weight is 321 g/mol. The van der Waals surface area contributed by atoms with E-state index in [0.717, 1.165) is 0 Å². The molecule has 1 aromatic carbocycles. The molecule has 2 rings (SSSR count). The van der Waals surface area contributed by atoms with Crippen LogP contribution in [0.3, 0.4) is 0 Å². The number of carbonyl (C=O) groups is 2. The van der Waals surface area contributed by atoms with Crippen molar-refractivity contribution in [3.63, 3.8) is 0 Å². The third-order valence-corrected chi connectivity index (χ3v) is 3.31. The SMILES string of the molecule is CC(C)(C)C(=O)C(NC(=O)c1ccc(Cl)cc1)n1cncn1. The molecule has 1 amide bonds. The normalized spacial score (nSPS) is 12.7. The first-order valence-electron chi connectivity index (χ1n) is 6.74. The van der Waals surface area contributed by atoms with E-state index >= 15 is 0 Å². The maximum Gasteiger partial charge on any atom is 0.253 e. The maximum atomic E-state index is 12.6. The van der Waals surface area contributed by atoms with Gasteiger partial charge >= 0.3 is 0 Å². The molecule has 1 aromatic heterocycles. The second kappa shape index (κ2) is 6.27. The van der Waals surface area contributed by atoms with Crippen molar-refractivity contribution in [1.29, 1.82) is 0 Å². The number of hydrogen-bond donors (Lipinski definition) is 1. The Balaban J connectivity index is 2.25. The van der Waals surface area contributed by atoms with Gasteiger partial charge in [0.05, 0.1) is 0 Å². The number of carbonyl (C=O) groups excluding carboxylic acids is 2. The van der Waals surface area contributed by atoms with Gasteiger partial charge in [-0.2, -0.15) is 5.10 Å². The van der Waals surface area contributed by atoms with Gasteiger partial charge in [0.2, 0.25) is 0 Å². The molecule has 0 saturated carbocycles. The lowest BCUT2D eigenvalue weighted by molar-refractivity contribution is -0.130. The Morgan fingerprint density at radius 2 is 1.86 bits per heavy atom. The van der Waals surface area contributed by atoms with Gasteiger partial charge in [0.25, 0.3) is 5.91 Å². The number of benzene rings is 1. The van der Waals surface area contributed by atoms with E-state index in [1.165, 1.54) is 17.3 Å². The van der Waals surface area contributed by atoms with Gasteiger partial charge in [-0.15, -0.1) is 0 Å². The van der Waals surface area contributed by atoms with Crippen molar-refractivity contribution in [3.05, 3.63) is 47.5 Å². The number of nitrogens with one attached hydrogen (secondary N) is 1. The molecule has 0 aliphatic rings. The third-order valence-electron chi connectivity index (χ3n) is 3.06. The van der Waals surface area contributed by atoms with Crippen LogP contribution in [0, 0.1) is 5.41 Å². The Labute approximate surface area is 133 Å². The summed E-state index contributed by atoms with van der Waals surface area (Å²) in [6, 6.07) is 6.42. The highest BCUT2D eigenvalue weighted by Crippen LogP contribution is 2.22. The minimum atomic E-state index is -0.911. The number of rotatable bonds is 4. The summed E-state index contributed by atoms with van der Waals surface area (Å²) in [5, 5.41) is 7.19. The lowest BCUT2D eigenvalue weighted by atomic mass is 9.89. The summed E-state index contributed by atoms with van der Waals surface area (Å²) in [7, 11) is 0. The molecule has 0 saturated heterocycles. The topological polar surface area (TPSA) is 76.9 Å². The molecule has 2 aromatic rings. The molecule has 1 N–H and O–H groups in total. The van der Waals surface area contributed by atoms with E-state index in [1.54, 1.807) is 45.0 Å². The largest absolute Gasteiger partial charge is 0.324 e. The molecule has 1 atom stereocenters. The van der Waals surface area contributed by atoms with E-state index in [-0.39, 0.29) is 11.7 Å². The van der Waals surface area contributed by atoms with E-state index in [0.29, 0.717) is 10.6 Å². The van der Waals surface area contributed by atoms with Gasteiger partial charge in [-0.3, -0.25) is 9.59 Å². The van der Waals surface area contributed by atoms with E-state index in [1.807, 2.05) is 0 Å². The van der Waals surface area contributed by atoms with Gasteiger partial charge in [-0.1, -0.05) is 32.4 Å². The fourth-order valence-electron chi connectivity index (χ4n) is 1.82. The first-order valence-corrected chi connectivity index (χ1v) is 7.11. The summed E-state index contributed by atoms with van der Waals surface area (Å²) < 4.78 is 1.33. The molecule has 0 bridgehead atoms. The first kappa shape index (κ1) is 16.2. The summed E-state index contributed by atoms with van der Waals surface area (Å²) in [6.07, 6.45) is 1.80. The predicted molar refractivity (Wildman–Crippen MR) is 82.4 cm³/mol. The highest BCUT2D eigenvalue weighted by molar-refractivity contribution is 6.30. The standard InChI is InChI=1S/C15H17ClN4O2/c1-15(2,3)12(21)13(20-9-17-8-18-20)19-14(22)10-4-6-11(16)7-5-10/h4-9,13H,1-3H3,(H,19,22). The fraction of sp³-hybridized carbons (Fsp3) is 0.333. The van der Waals surface area contributed by atoms with Gasteiger partial charge < -0.3 is 5.32 Å². The average Bonchev–Trinajstić information content (AvgIpc) is 2.97. The van der Waals surface area contributed by atoms with Crippen molar-refractivity contribution in [3.8, 4) is 0 Å². The molecule has 0 spiro atoms. The summed E-state index contributed by atoms with van der Waals surface area (Å²) in [5.74, 6) is -0.546. The zero-order valence-electron chi connectivity index (χ0n) is 12.6. The van der Waals surface area contributed by atoms with E-state index in [4.69, 9.17) is 11.6 Å². The maximum absolute atomic E-state index is 12.6. The Morgan fingerprint density at radius 1 is 1.23 bits per heavy atom. The molecule has 7 heteroatoms. The van der Waals surface area contributed by atoms with Crippen molar-refractivity contribution in [2.24, 2.45) is 5.41 Å².